The van der Waals surface area contributed by atoms with Crippen LogP contribution in [-0.2, 0) is 0 Å². The number of nitrogens with zero attached hydrogens (tertiary/aromatic N) is 1. The molecule has 13 heavy (non-hydrogen) atoms. The van der Waals surface area contributed by atoms with Gasteiger partial charge >= 0.3 is 5.92 Å². The first-order valence-electron chi connectivity index (χ1n) is 4.60. The van der Waals surface area contributed by atoms with Crippen LogP contribution in [0.5, 0.6) is 0 Å². The van der Waals surface area contributed by atoms with E-state index in [1.807, 2.05) is 13.1 Å². The third kappa shape index (κ3) is 2.14. The maximum atomic E-state index is 13.4. The molecule has 1 unspecified atom stereocenters. The van der Waals surface area contributed by atoms with Crippen molar-refractivity contribution >= 4 is 6.21 Å². The molecule has 3 heteroatoms. The van der Waals surface area contributed by atoms with Crippen LogP contribution in [0.3, 0.4) is 0 Å². The van der Waals surface area contributed by atoms with E-state index < -0.39 is 11.8 Å². The highest BCUT2D eigenvalue weighted by Crippen LogP contribution is 2.32. The lowest BCUT2D eigenvalue weighted by Crippen LogP contribution is -2.42. The molecule has 1 nitrogen and oxygen atoms in total. The van der Waals surface area contributed by atoms with Crippen molar-refractivity contribution in [3.8, 4) is 0 Å². The first-order chi connectivity index (χ1) is 5.97. The smallest absolute Gasteiger partial charge is 0.201 e. The van der Waals surface area contributed by atoms with Crippen LogP contribution in [0.1, 0.15) is 26.7 Å². The topological polar surface area (TPSA) is 3.01 Å². The van der Waals surface area contributed by atoms with Crippen LogP contribution in [0, 0.1) is 5.92 Å². The summed E-state index contributed by atoms with van der Waals surface area (Å²) < 4.78 is 28.3. The lowest BCUT2D eigenvalue weighted by Gasteiger charge is -2.26. The van der Waals surface area contributed by atoms with Crippen molar-refractivity contribution in [1.29, 1.82) is 0 Å². The predicted molar refractivity (Wildman–Crippen MR) is 49.4 cm³/mol. The van der Waals surface area contributed by atoms with Gasteiger partial charge in [-0.25, -0.2) is 4.58 Å². The van der Waals surface area contributed by atoms with E-state index in [0.29, 0.717) is 18.5 Å². The van der Waals surface area contributed by atoms with Crippen LogP contribution in [0.2, 0.25) is 0 Å². The molecule has 0 bridgehead atoms. The molecule has 1 aliphatic rings. The van der Waals surface area contributed by atoms with E-state index in [1.54, 1.807) is 11.5 Å². The highest BCUT2D eigenvalue weighted by molar-refractivity contribution is 5.53. The SMILES string of the molecule is C=C(C)[N+]1=CCC(CC)C(F)(F)C1. The summed E-state index contributed by atoms with van der Waals surface area (Å²) >= 11 is 0. The standard InChI is InChI=1S/C10H16F2N/c1-4-9-5-6-13(8(2)3)7-10(9,11)12/h6,9H,2,4-5,7H2,1,3H3/q+1. The molecule has 0 aromatic rings. The molecular weight excluding hydrogens is 172 g/mol. The molecule has 0 saturated heterocycles. The molecule has 0 amide bonds. The highest BCUT2D eigenvalue weighted by atomic mass is 19.3. The second-order valence-corrected chi connectivity index (χ2v) is 3.65. The quantitative estimate of drug-likeness (QED) is 0.586. The second-order valence-electron chi connectivity index (χ2n) is 3.65. The summed E-state index contributed by atoms with van der Waals surface area (Å²) in [5.41, 5.74) is 0.689. The Bertz CT molecular complexity index is 243. The second kappa shape index (κ2) is 3.56. The van der Waals surface area contributed by atoms with Gasteiger partial charge in [-0.15, -0.1) is 0 Å². The van der Waals surface area contributed by atoms with Gasteiger partial charge in [-0.2, -0.15) is 8.78 Å². The van der Waals surface area contributed by atoms with E-state index >= 15 is 0 Å². The Morgan fingerprint density at radius 3 is 2.69 bits per heavy atom. The summed E-state index contributed by atoms with van der Waals surface area (Å²) in [7, 11) is 0. The van der Waals surface area contributed by atoms with Gasteiger partial charge in [-0.1, -0.05) is 6.92 Å². The van der Waals surface area contributed by atoms with Crippen molar-refractivity contribution in [2.75, 3.05) is 6.54 Å². The zero-order valence-corrected chi connectivity index (χ0v) is 8.19. The molecule has 0 aliphatic carbocycles. The molecule has 0 saturated carbocycles. The number of alkyl halides is 2. The molecule has 1 heterocycles. The summed E-state index contributed by atoms with van der Waals surface area (Å²) in [5.74, 6) is -3.06. The van der Waals surface area contributed by atoms with E-state index in [4.69, 9.17) is 0 Å². The number of rotatable bonds is 2. The molecule has 0 aromatic carbocycles. The summed E-state index contributed by atoms with van der Waals surface area (Å²) in [5, 5.41) is 0. The van der Waals surface area contributed by atoms with Crippen molar-refractivity contribution in [2.24, 2.45) is 5.92 Å². The number of halogens is 2. The third-order valence-corrected chi connectivity index (χ3v) is 2.57. The summed E-state index contributed by atoms with van der Waals surface area (Å²) in [6, 6.07) is 0. The molecule has 1 atom stereocenters. The minimum atomic E-state index is -2.57. The van der Waals surface area contributed by atoms with Gasteiger partial charge < -0.3 is 0 Å². The molecule has 0 spiro atoms. The average Bonchev–Trinajstić information content (AvgIpc) is 2.02. The van der Waals surface area contributed by atoms with E-state index in [0.717, 1.165) is 0 Å². The fraction of sp³-hybridized carbons (Fsp3) is 0.700. The monoisotopic (exact) mass is 188 g/mol. The zero-order chi connectivity index (χ0) is 10.1. The predicted octanol–water partition coefficient (Wildman–Crippen LogP) is 2.67. The maximum Gasteiger partial charge on any atom is 0.308 e. The van der Waals surface area contributed by atoms with E-state index in [9.17, 15) is 8.78 Å². The Balaban J connectivity index is 2.81. The number of hydrogen-bond donors (Lipinski definition) is 0. The van der Waals surface area contributed by atoms with Gasteiger partial charge in [0, 0.05) is 19.3 Å². The van der Waals surface area contributed by atoms with Crippen LogP contribution in [0.25, 0.3) is 0 Å². The molecule has 0 radical (unpaired) electrons. The van der Waals surface area contributed by atoms with Gasteiger partial charge in [0.2, 0.25) is 6.54 Å². The molecule has 0 fully saturated rings. The van der Waals surface area contributed by atoms with Crippen LogP contribution < -0.4 is 0 Å². The van der Waals surface area contributed by atoms with Gasteiger partial charge in [0.15, 0.2) is 5.70 Å². The summed E-state index contributed by atoms with van der Waals surface area (Å²) in [6.07, 6.45) is 2.82. The summed E-state index contributed by atoms with van der Waals surface area (Å²) in [4.78, 5) is 0. The Labute approximate surface area is 77.8 Å². The van der Waals surface area contributed by atoms with Crippen molar-refractivity contribution in [2.45, 2.75) is 32.6 Å². The molecular formula is C10H16F2N+. The van der Waals surface area contributed by atoms with Crippen LogP contribution >= 0.6 is 0 Å². The van der Waals surface area contributed by atoms with Gasteiger partial charge in [-0.05, 0) is 13.0 Å². The van der Waals surface area contributed by atoms with Crippen LogP contribution in [0.4, 0.5) is 8.78 Å². The zero-order valence-electron chi connectivity index (χ0n) is 8.19. The molecule has 0 aromatic heterocycles. The molecule has 74 valence electrons. The normalized spacial score (nSPS) is 26.8. The van der Waals surface area contributed by atoms with Crippen molar-refractivity contribution < 1.29 is 13.4 Å². The van der Waals surface area contributed by atoms with Crippen LogP contribution in [0.15, 0.2) is 12.3 Å². The Kier molecular flexibility index (Phi) is 2.84. The largest absolute Gasteiger partial charge is 0.308 e. The van der Waals surface area contributed by atoms with Gasteiger partial charge in [0.1, 0.15) is 6.21 Å². The van der Waals surface area contributed by atoms with Crippen LogP contribution in [-0.4, -0.2) is 23.3 Å². The highest BCUT2D eigenvalue weighted by Gasteiger charge is 2.45. The molecule has 1 aliphatic heterocycles. The third-order valence-electron chi connectivity index (χ3n) is 2.57. The lowest BCUT2D eigenvalue weighted by atomic mass is 9.92. The molecule has 1 rings (SSSR count). The first kappa shape index (κ1) is 10.4. The Morgan fingerprint density at radius 1 is 1.69 bits per heavy atom. The Hall–Kier alpha value is -0.730. The van der Waals surface area contributed by atoms with Crippen molar-refractivity contribution in [3.63, 3.8) is 0 Å². The first-order valence-corrected chi connectivity index (χ1v) is 4.60. The van der Waals surface area contributed by atoms with E-state index in [2.05, 4.69) is 6.58 Å². The number of allylic oxidation sites excluding steroid dienone is 1. The lowest BCUT2D eigenvalue weighted by molar-refractivity contribution is -0.509. The minimum Gasteiger partial charge on any atom is -0.201 e. The average molecular weight is 188 g/mol. The van der Waals surface area contributed by atoms with Gasteiger partial charge in [-0.3, -0.25) is 0 Å². The van der Waals surface area contributed by atoms with Gasteiger partial charge in [0.25, 0.3) is 0 Å². The Morgan fingerprint density at radius 2 is 2.31 bits per heavy atom. The fourth-order valence-electron chi connectivity index (χ4n) is 1.60. The minimum absolute atomic E-state index is 0.208. The van der Waals surface area contributed by atoms with Crippen molar-refractivity contribution in [1.82, 2.24) is 0 Å². The van der Waals surface area contributed by atoms with Crippen molar-refractivity contribution in [3.05, 3.63) is 12.3 Å². The number of hydrogen-bond acceptors (Lipinski definition) is 0. The van der Waals surface area contributed by atoms with Gasteiger partial charge in [0.05, 0.1) is 0 Å². The van der Waals surface area contributed by atoms with E-state index in [1.165, 1.54) is 0 Å². The summed E-state index contributed by atoms with van der Waals surface area (Å²) in [6.45, 7) is 7.01. The van der Waals surface area contributed by atoms with E-state index in [-0.39, 0.29) is 6.54 Å². The maximum absolute atomic E-state index is 13.4. The fourth-order valence-corrected chi connectivity index (χ4v) is 1.60. The molecule has 0 N–H and O–H groups in total.